The molecule has 1 heterocycles. The minimum Gasteiger partial charge on any atom is -0.400 e. The normalized spacial score (nSPS) is 15.9. The minimum absolute atomic E-state index is 0.0415. The molecule has 1 unspecified atom stereocenters. The van der Waals surface area contributed by atoms with Gasteiger partial charge >= 0.3 is 0 Å². The fourth-order valence-electron chi connectivity index (χ4n) is 2.78. The summed E-state index contributed by atoms with van der Waals surface area (Å²) in [6.07, 6.45) is 1.10. The van der Waals surface area contributed by atoms with Gasteiger partial charge in [0.1, 0.15) is 5.78 Å². The molecule has 2 aromatic rings. The van der Waals surface area contributed by atoms with E-state index >= 15 is 0 Å². The number of thioether (sulfide) groups is 1. The smallest absolute Gasteiger partial charge is 0.240 e. The van der Waals surface area contributed by atoms with Crippen LogP contribution in [0.5, 0.6) is 0 Å². The highest BCUT2D eigenvalue weighted by Gasteiger charge is 2.33. The number of benzene rings is 2. The highest BCUT2D eigenvalue weighted by molar-refractivity contribution is 8.01. The van der Waals surface area contributed by atoms with Crippen molar-refractivity contribution in [3.8, 4) is 0 Å². The number of carbonyl (C=O) groups is 2. The molecule has 1 aliphatic rings. The zero-order chi connectivity index (χ0) is 18.2. The van der Waals surface area contributed by atoms with E-state index in [1.54, 1.807) is 6.92 Å². The summed E-state index contributed by atoms with van der Waals surface area (Å²) in [5.74, 6) is 0.0954. The Morgan fingerprint density at radius 3 is 2.40 bits per heavy atom. The number of fused-ring (bicyclic) bond motifs is 1. The third-order valence-electron chi connectivity index (χ3n) is 3.91. The van der Waals surface area contributed by atoms with Crippen molar-refractivity contribution in [3.63, 3.8) is 0 Å². The molecule has 1 aliphatic heterocycles. The van der Waals surface area contributed by atoms with E-state index in [-0.39, 0.29) is 16.9 Å². The van der Waals surface area contributed by atoms with Crippen LogP contribution < -0.4 is 4.90 Å². The molecular weight excluding hydrogens is 334 g/mol. The Kier molecular flexibility index (Phi) is 7.22. The highest BCUT2D eigenvalue weighted by atomic mass is 32.2. The molecule has 2 aromatic carbocycles. The summed E-state index contributed by atoms with van der Waals surface area (Å²) < 4.78 is 0. The number of hydrogen-bond donors (Lipinski definition) is 1. The van der Waals surface area contributed by atoms with Gasteiger partial charge in [-0.15, -0.1) is 11.8 Å². The first-order valence-corrected chi connectivity index (χ1v) is 9.08. The number of carbonyl (C=O) groups excluding carboxylic acids is 2. The van der Waals surface area contributed by atoms with Crippen LogP contribution >= 0.6 is 11.8 Å². The lowest BCUT2D eigenvalue weighted by molar-refractivity contribution is -0.122. The van der Waals surface area contributed by atoms with E-state index in [1.807, 2.05) is 47.4 Å². The Morgan fingerprint density at radius 1 is 1.08 bits per heavy atom. The molecule has 4 nitrogen and oxygen atoms in total. The largest absolute Gasteiger partial charge is 0.400 e. The van der Waals surface area contributed by atoms with Gasteiger partial charge in [-0.1, -0.05) is 42.5 Å². The van der Waals surface area contributed by atoms with E-state index in [1.165, 1.54) is 17.3 Å². The molecule has 1 atom stereocenters. The number of Topliss-reactive ketones (excluding diaryl/α,β-unsaturated/α-hetero) is 1. The summed E-state index contributed by atoms with van der Waals surface area (Å²) in [5.41, 5.74) is 2.16. The van der Waals surface area contributed by atoms with Crippen molar-refractivity contribution >= 4 is 29.1 Å². The lowest BCUT2D eigenvalue weighted by Gasteiger charge is -2.33. The van der Waals surface area contributed by atoms with Crippen molar-refractivity contribution in [2.45, 2.75) is 29.9 Å². The molecule has 25 heavy (non-hydrogen) atoms. The number of ketones is 1. The Bertz CT molecular complexity index is 718. The van der Waals surface area contributed by atoms with Gasteiger partial charge in [0.15, 0.2) is 0 Å². The van der Waals surface area contributed by atoms with Crippen LogP contribution in [0.1, 0.15) is 18.9 Å². The van der Waals surface area contributed by atoms with Crippen LogP contribution in [0, 0.1) is 0 Å². The first-order chi connectivity index (χ1) is 12.1. The van der Waals surface area contributed by atoms with Crippen molar-refractivity contribution in [2.75, 3.05) is 18.6 Å². The van der Waals surface area contributed by atoms with Gasteiger partial charge in [-0.05, 0) is 31.0 Å². The maximum absolute atomic E-state index is 12.8. The van der Waals surface area contributed by atoms with Crippen LogP contribution in [0.4, 0.5) is 5.69 Å². The van der Waals surface area contributed by atoms with Crippen LogP contribution in [0.25, 0.3) is 0 Å². The lowest BCUT2D eigenvalue weighted by Crippen LogP contribution is -2.42. The SMILES string of the molecule is CC(=O)CC1Sc2ccccc2N(CCc2ccccc2)C1=O.CO. The van der Waals surface area contributed by atoms with Gasteiger partial charge < -0.3 is 10.0 Å². The van der Waals surface area contributed by atoms with Crippen LogP contribution in [0.15, 0.2) is 59.5 Å². The third-order valence-corrected chi connectivity index (χ3v) is 5.16. The summed E-state index contributed by atoms with van der Waals surface area (Å²) in [7, 11) is 1.00. The Hall–Kier alpha value is -2.11. The summed E-state index contributed by atoms with van der Waals surface area (Å²) >= 11 is 1.51. The fraction of sp³-hybridized carbons (Fsp3) is 0.300. The number of aliphatic hydroxyl groups is 1. The summed E-state index contributed by atoms with van der Waals surface area (Å²) in [6, 6.07) is 18.1. The standard InChI is InChI=1S/C19H19NO2S.CH4O/c1-14(21)13-18-19(22)20(12-11-15-7-3-2-4-8-15)16-9-5-6-10-17(16)23-18;1-2/h2-10,18H,11-13H2,1H3;2H,1H3. The van der Waals surface area contributed by atoms with Gasteiger partial charge in [0, 0.05) is 25.0 Å². The second-order valence-corrected chi connectivity index (χ2v) is 6.95. The molecule has 1 amide bonds. The molecule has 0 radical (unpaired) electrons. The average molecular weight is 357 g/mol. The number of nitrogens with zero attached hydrogens (tertiary/aromatic N) is 1. The van der Waals surface area contributed by atoms with E-state index in [4.69, 9.17) is 5.11 Å². The van der Waals surface area contributed by atoms with Gasteiger partial charge in [0.05, 0.1) is 10.9 Å². The molecule has 0 bridgehead atoms. The first-order valence-electron chi connectivity index (χ1n) is 8.20. The van der Waals surface area contributed by atoms with Gasteiger partial charge in [0.2, 0.25) is 5.91 Å². The topological polar surface area (TPSA) is 57.6 Å². The zero-order valence-electron chi connectivity index (χ0n) is 14.5. The van der Waals surface area contributed by atoms with Crippen LogP contribution in [-0.4, -0.2) is 35.7 Å². The van der Waals surface area contributed by atoms with E-state index in [0.29, 0.717) is 13.0 Å². The van der Waals surface area contributed by atoms with E-state index in [2.05, 4.69) is 12.1 Å². The molecule has 1 N–H and O–H groups in total. The van der Waals surface area contributed by atoms with Gasteiger partial charge in [-0.25, -0.2) is 0 Å². The van der Waals surface area contributed by atoms with Gasteiger partial charge in [-0.3, -0.25) is 9.59 Å². The van der Waals surface area contributed by atoms with E-state index < -0.39 is 0 Å². The van der Waals surface area contributed by atoms with Crippen LogP contribution in [-0.2, 0) is 16.0 Å². The van der Waals surface area contributed by atoms with Gasteiger partial charge in [-0.2, -0.15) is 0 Å². The molecule has 0 spiro atoms. The maximum atomic E-state index is 12.8. The quantitative estimate of drug-likeness (QED) is 0.892. The van der Waals surface area contributed by atoms with Crippen LogP contribution in [0.3, 0.4) is 0 Å². The number of rotatable bonds is 5. The highest BCUT2D eigenvalue weighted by Crippen LogP contribution is 2.40. The average Bonchev–Trinajstić information content (AvgIpc) is 2.64. The molecule has 3 rings (SSSR count). The molecule has 0 aliphatic carbocycles. The molecule has 0 fully saturated rings. The van der Waals surface area contributed by atoms with Crippen molar-refractivity contribution in [3.05, 3.63) is 60.2 Å². The Morgan fingerprint density at radius 2 is 1.72 bits per heavy atom. The van der Waals surface area contributed by atoms with Crippen LogP contribution in [0.2, 0.25) is 0 Å². The van der Waals surface area contributed by atoms with Crippen molar-refractivity contribution in [1.29, 1.82) is 0 Å². The Labute approximate surface area is 152 Å². The third kappa shape index (κ3) is 4.94. The van der Waals surface area contributed by atoms with Crippen molar-refractivity contribution in [1.82, 2.24) is 0 Å². The first kappa shape index (κ1) is 19.2. The number of hydrogen-bond acceptors (Lipinski definition) is 4. The molecular formula is C20H23NO3S. The number of aliphatic hydroxyl groups excluding tert-OH is 1. The molecule has 0 saturated heterocycles. The van der Waals surface area contributed by atoms with Crippen molar-refractivity contribution < 1.29 is 14.7 Å². The second kappa shape index (κ2) is 9.39. The predicted octanol–water partition coefficient (Wildman–Crippen LogP) is 3.32. The Balaban J connectivity index is 0.00000109. The predicted molar refractivity (Wildman–Crippen MR) is 102 cm³/mol. The maximum Gasteiger partial charge on any atom is 0.240 e. The zero-order valence-corrected chi connectivity index (χ0v) is 15.3. The number of amides is 1. The molecule has 5 heteroatoms. The minimum atomic E-state index is -0.307. The summed E-state index contributed by atoms with van der Waals surface area (Å²) in [6.45, 7) is 2.18. The lowest BCUT2D eigenvalue weighted by atomic mass is 10.1. The summed E-state index contributed by atoms with van der Waals surface area (Å²) in [4.78, 5) is 27.2. The summed E-state index contributed by atoms with van der Waals surface area (Å²) in [5, 5.41) is 6.69. The second-order valence-electron chi connectivity index (χ2n) is 5.71. The van der Waals surface area contributed by atoms with Crippen molar-refractivity contribution in [2.24, 2.45) is 0 Å². The monoisotopic (exact) mass is 357 g/mol. The molecule has 0 saturated carbocycles. The number of anilines is 1. The van der Waals surface area contributed by atoms with E-state index in [9.17, 15) is 9.59 Å². The molecule has 132 valence electrons. The molecule has 0 aromatic heterocycles. The fourth-order valence-corrected chi connectivity index (χ4v) is 4.09. The van der Waals surface area contributed by atoms with Gasteiger partial charge in [0.25, 0.3) is 0 Å². The van der Waals surface area contributed by atoms with E-state index in [0.717, 1.165) is 24.1 Å². The number of para-hydroxylation sites is 1.